The Morgan fingerprint density at radius 2 is 1.33 bits per heavy atom. The highest BCUT2D eigenvalue weighted by molar-refractivity contribution is 5.91. The van der Waals surface area contributed by atoms with Crippen molar-refractivity contribution in [1.82, 2.24) is 0 Å². The second kappa shape index (κ2) is 11.8. The van der Waals surface area contributed by atoms with Crippen LogP contribution in [-0.4, -0.2) is 14.2 Å². The van der Waals surface area contributed by atoms with E-state index in [-0.39, 0.29) is 17.0 Å². The summed E-state index contributed by atoms with van der Waals surface area (Å²) in [7, 11) is 3.35. The van der Waals surface area contributed by atoms with Gasteiger partial charge in [0.1, 0.15) is 13.2 Å². The minimum Gasteiger partial charge on any atom is -1.00 e. The molecular formula is C33H30BrNO4. The number of aryl methyl sites for hydroxylation is 2. The van der Waals surface area contributed by atoms with Crippen molar-refractivity contribution in [2.24, 2.45) is 0 Å². The first-order valence-electron chi connectivity index (χ1n) is 12.8. The van der Waals surface area contributed by atoms with Crippen molar-refractivity contribution in [1.29, 1.82) is 0 Å². The first kappa shape index (κ1) is 26.6. The molecule has 0 radical (unpaired) electrons. The number of hydrogen-bond acceptors (Lipinski definition) is 4. The minimum absolute atomic E-state index is 0. The predicted octanol–water partition coefficient (Wildman–Crippen LogP) is 3.53. The van der Waals surface area contributed by atoms with Gasteiger partial charge in [0.15, 0.2) is 35.7 Å². The first-order valence-corrected chi connectivity index (χ1v) is 12.8. The molecule has 0 bridgehead atoms. The molecule has 0 fully saturated rings. The quantitative estimate of drug-likeness (QED) is 0.262. The van der Waals surface area contributed by atoms with E-state index in [9.17, 15) is 0 Å². The topological polar surface area (TPSA) is 40.8 Å². The highest BCUT2D eigenvalue weighted by Crippen LogP contribution is 2.40. The van der Waals surface area contributed by atoms with Crippen LogP contribution in [0.4, 0.5) is 0 Å². The zero-order valence-corrected chi connectivity index (χ0v) is 23.6. The van der Waals surface area contributed by atoms with Crippen LogP contribution in [0.5, 0.6) is 23.0 Å². The Balaban J connectivity index is 0.00000308. The molecule has 0 spiro atoms. The van der Waals surface area contributed by atoms with E-state index < -0.39 is 0 Å². The molecule has 5 aromatic rings. The molecule has 0 atom stereocenters. The molecule has 0 unspecified atom stereocenters. The van der Waals surface area contributed by atoms with Crippen LogP contribution in [0.15, 0.2) is 97.2 Å². The Hall–Kier alpha value is -4.03. The Morgan fingerprint density at radius 1 is 0.692 bits per heavy atom. The van der Waals surface area contributed by atoms with Crippen molar-refractivity contribution in [3.63, 3.8) is 0 Å². The highest BCUT2D eigenvalue weighted by Gasteiger charge is 2.27. The number of hydrogen-bond donors (Lipinski definition) is 0. The number of fused-ring (bicyclic) bond motifs is 4. The van der Waals surface area contributed by atoms with Crippen molar-refractivity contribution in [3.8, 4) is 34.3 Å². The minimum atomic E-state index is 0. The zero-order valence-electron chi connectivity index (χ0n) is 22.0. The Kier molecular flexibility index (Phi) is 8.03. The van der Waals surface area contributed by atoms with Crippen LogP contribution >= 0.6 is 0 Å². The van der Waals surface area contributed by atoms with Gasteiger partial charge in [-0.3, -0.25) is 0 Å². The van der Waals surface area contributed by atoms with Gasteiger partial charge in [0, 0.05) is 12.5 Å². The number of rotatable bonds is 8. The van der Waals surface area contributed by atoms with Gasteiger partial charge >= 0.3 is 0 Å². The van der Waals surface area contributed by atoms with E-state index in [0.29, 0.717) is 13.2 Å². The van der Waals surface area contributed by atoms with Crippen molar-refractivity contribution in [2.75, 3.05) is 14.2 Å². The fourth-order valence-corrected chi connectivity index (χ4v) is 5.08. The van der Waals surface area contributed by atoms with Gasteiger partial charge in [-0.05, 0) is 46.3 Å². The van der Waals surface area contributed by atoms with Gasteiger partial charge in [-0.1, -0.05) is 60.7 Å². The summed E-state index contributed by atoms with van der Waals surface area (Å²) in [6.07, 6.45) is 3.06. The van der Waals surface area contributed by atoms with Crippen molar-refractivity contribution in [3.05, 3.63) is 114 Å². The standard InChI is InChI=1S/C33H30NO4.BrH/c1-35-30-14-13-25-17-29-27-19-32(38-22-24-11-7-4-8-12-24)31(37-21-23-9-5-3-6-10-23)18-26(27)15-16-34(29)20-28(25)33(30)36-2;/h3-14,17-20H,15-16,21-22H2,1-2H3;1H/q+1;/p-1. The SMILES string of the molecule is COc1ccc2cc3[n+](cc2c1OC)CCc1cc(OCc2ccccc2)c(OCc2ccccc2)cc1-3.[Br-]. The number of pyridine rings is 1. The smallest absolute Gasteiger partial charge is 0.213 e. The van der Waals surface area contributed by atoms with Crippen LogP contribution in [0.1, 0.15) is 16.7 Å². The van der Waals surface area contributed by atoms with Crippen LogP contribution < -0.4 is 40.5 Å². The van der Waals surface area contributed by atoms with Gasteiger partial charge in [0.05, 0.1) is 25.2 Å². The van der Waals surface area contributed by atoms with Crippen LogP contribution in [0, 0.1) is 0 Å². The van der Waals surface area contributed by atoms with E-state index in [1.54, 1.807) is 14.2 Å². The maximum absolute atomic E-state index is 6.38. The number of halogens is 1. The van der Waals surface area contributed by atoms with E-state index >= 15 is 0 Å². The summed E-state index contributed by atoms with van der Waals surface area (Å²) in [6, 6.07) is 31.0. The number of ether oxygens (including phenoxy) is 4. The van der Waals surface area contributed by atoms with E-state index in [0.717, 1.165) is 69.1 Å². The molecule has 1 aliphatic rings. The largest absolute Gasteiger partial charge is 1.00 e. The summed E-state index contributed by atoms with van der Waals surface area (Å²) < 4.78 is 26.2. The second-order valence-electron chi connectivity index (χ2n) is 9.41. The molecule has 2 heterocycles. The maximum atomic E-state index is 6.38. The van der Waals surface area contributed by atoms with Gasteiger partial charge in [-0.15, -0.1) is 0 Å². The number of nitrogens with zero attached hydrogens (tertiary/aromatic N) is 1. The molecule has 0 saturated carbocycles. The Labute approximate surface area is 239 Å². The van der Waals surface area contributed by atoms with Crippen LogP contribution in [0.3, 0.4) is 0 Å². The summed E-state index contributed by atoms with van der Waals surface area (Å²) >= 11 is 0. The third-order valence-corrected chi connectivity index (χ3v) is 7.05. The summed E-state index contributed by atoms with van der Waals surface area (Å²) in [4.78, 5) is 0. The van der Waals surface area contributed by atoms with Crippen LogP contribution in [0.2, 0.25) is 0 Å². The highest BCUT2D eigenvalue weighted by atomic mass is 79.9. The Bertz CT molecular complexity index is 1590. The lowest BCUT2D eigenvalue weighted by atomic mass is 9.95. The molecule has 39 heavy (non-hydrogen) atoms. The monoisotopic (exact) mass is 583 g/mol. The summed E-state index contributed by atoms with van der Waals surface area (Å²) in [5.41, 5.74) is 5.78. The summed E-state index contributed by atoms with van der Waals surface area (Å²) in [5, 5.41) is 2.13. The van der Waals surface area contributed by atoms with Gasteiger partial charge < -0.3 is 35.9 Å². The van der Waals surface area contributed by atoms with Crippen molar-refractivity contribution >= 4 is 10.8 Å². The summed E-state index contributed by atoms with van der Waals surface area (Å²) in [6.45, 7) is 1.82. The molecule has 6 rings (SSSR count). The lowest BCUT2D eigenvalue weighted by Gasteiger charge is -2.20. The third kappa shape index (κ3) is 5.43. The van der Waals surface area contributed by atoms with Gasteiger partial charge in [0.2, 0.25) is 5.69 Å². The molecule has 0 N–H and O–H groups in total. The average Bonchev–Trinajstić information content (AvgIpc) is 2.98. The molecular weight excluding hydrogens is 554 g/mol. The van der Waals surface area contributed by atoms with E-state index in [1.807, 2.05) is 42.5 Å². The van der Waals surface area contributed by atoms with Crippen molar-refractivity contribution < 1.29 is 40.5 Å². The second-order valence-corrected chi connectivity index (χ2v) is 9.41. The normalized spacial score (nSPS) is 11.6. The van der Waals surface area contributed by atoms with E-state index in [1.165, 1.54) is 5.56 Å². The molecule has 5 nitrogen and oxygen atoms in total. The van der Waals surface area contributed by atoms with Crippen molar-refractivity contribution in [2.45, 2.75) is 26.2 Å². The predicted molar refractivity (Wildman–Crippen MR) is 148 cm³/mol. The van der Waals surface area contributed by atoms with Crippen LogP contribution in [0.25, 0.3) is 22.0 Å². The number of aromatic nitrogens is 1. The number of benzene rings is 4. The molecule has 1 aliphatic heterocycles. The molecule has 4 aromatic carbocycles. The fraction of sp³-hybridized carbons (Fsp3) is 0.182. The molecule has 6 heteroatoms. The fourth-order valence-electron chi connectivity index (χ4n) is 5.08. The first-order chi connectivity index (χ1) is 18.7. The molecule has 0 saturated heterocycles. The zero-order chi connectivity index (χ0) is 25.9. The number of methoxy groups -OCH3 is 2. The van der Waals surface area contributed by atoms with Gasteiger partial charge in [-0.25, -0.2) is 0 Å². The lowest BCUT2D eigenvalue weighted by molar-refractivity contribution is -0.686. The Morgan fingerprint density at radius 3 is 1.95 bits per heavy atom. The molecule has 1 aromatic heterocycles. The molecule has 0 aliphatic carbocycles. The van der Waals surface area contributed by atoms with Crippen LogP contribution in [-0.2, 0) is 26.2 Å². The average molecular weight is 585 g/mol. The maximum Gasteiger partial charge on any atom is 0.213 e. The summed E-state index contributed by atoms with van der Waals surface area (Å²) in [5.74, 6) is 2.99. The van der Waals surface area contributed by atoms with E-state index in [4.69, 9.17) is 18.9 Å². The third-order valence-electron chi connectivity index (χ3n) is 7.05. The van der Waals surface area contributed by atoms with Gasteiger partial charge in [-0.2, -0.15) is 4.57 Å². The molecule has 0 amide bonds. The van der Waals surface area contributed by atoms with E-state index in [2.05, 4.69) is 59.3 Å². The van der Waals surface area contributed by atoms with Gasteiger partial charge in [0.25, 0.3) is 0 Å². The lowest BCUT2D eigenvalue weighted by Crippen LogP contribution is -3.00. The molecule has 198 valence electrons.